The quantitative estimate of drug-likeness (QED) is 0.145. The van der Waals surface area contributed by atoms with Gasteiger partial charge >= 0.3 is 0 Å². The van der Waals surface area contributed by atoms with E-state index in [4.69, 9.17) is 4.74 Å². The number of rotatable bonds is 9. The van der Waals surface area contributed by atoms with E-state index in [0.717, 1.165) is 39.9 Å². The van der Waals surface area contributed by atoms with Gasteiger partial charge in [-0.3, -0.25) is 0 Å². The number of hydrogen-bond donors (Lipinski definition) is 0. The molecule has 2 aromatic heterocycles. The van der Waals surface area contributed by atoms with Gasteiger partial charge in [0, 0.05) is 50.0 Å². The molecule has 12 aromatic rings. The van der Waals surface area contributed by atoms with Gasteiger partial charge < -0.3 is 18.8 Å². The summed E-state index contributed by atoms with van der Waals surface area (Å²) in [7, 11) is 0. The van der Waals surface area contributed by atoms with E-state index < -0.39 is 0 Å². The molecule has 0 radical (unpaired) electrons. The van der Waals surface area contributed by atoms with Gasteiger partial charge in [-0.1, -0.05) is 127 Å². The Hall–Kier alpha value is -8.60. The van der Waals surface area contributed by atoms with Crippen LogP contribution in [0.25, 0.3) is 77.2 Å². The van der Waals surface area contributed by atoms with Crippen LogP contribution in [-0.2, 0) is 0 Å². The lowest BCUT2D eigenvalue weighted by atomic mass is 10.0. The summed E-state index contributed by atoms with van der Waals surface area (Å²) in [6.45, 7) is 0. The molecule has 302 valence electrons. The SMILES string of the molecule is c1ccc(Oc2ccc(-n3c4ccccc4c4cc(-c5ccc6c(c5)c5ccccc5n6-c5ccc(-c6ccc(N(c7ccccc7)c7ccccc7)cc6)cc5)ccc43)cc2)cc1. The molecular weight excluding hydrogens is 779 g/mol. The minimum absolute atomic E-state index is 0.809. The first-order valence-corrected chi connectivity index (χ1v) is 21.7. The number of anilines is 3. The summed E-state index contributed by atoms with van der Waals surface area (Å²) < 4.78 is 10.9. The summed E-state index contributed by atoms with van der Waals surface area (Å²) in [4.78, 5) is 2.29. The third-order valence-electron chi connectivity index (χ3n) is 12.4. The molecule has 0 aliphatic heterocycles. The standard InChI is InChI=1S/C60H41N3O/c1-4-14-46(15-5-1)61(47-16-6-2-7-17-47)48-30-24-42(25-31-48)43-26-32-49(33-27-43)62-57-22-12-10-20-53(57)55-40-44(28-38-59(55)62)45-29-39-60-56(41-45)54-21-11-13-23-58(54)63(60)50-34-36-52(37-35-50)64-51-18-8-3-9-19-51/h1-41H. The van der Waals surface area contributed by atoms with E-state index in [9.17, 15) is 0 Å². The second kappa shape index (κ2) is 15.7. The summed E-state index contributed by atoms with van der Waals surface area (Å²) in [6.07, 6.45) is 0. The van der Waals surface area contributed by atoms with Crippen molar-refractivity contribution in [3.05, 3.63) is 249 Å². The molecule has 4 heteroatoms. The molecule has 0 aliphatic carbocycles. The Morgan fingerprint density at radius 3 is 1.12 bits per heavy atom. The van der Waals surface area contributed by atoms with Gasteiger partial charge in [0.2, 0.25) is 0 Å². The highest BCUT2D eigenvalue weighted by Crippen LogP contribution is 2.40. The second-order valence-corrected chi connectivity index (χ2v) is 16.2. The maximum atomic E-state index is 6.11. The molecule has 0 bridgehead atoms. The number of ether oxygens (including phenoxy) is 1. The minimum Gasteiger partial charge on any atom is -0.457 e. The number of fused-ring (bicyclic) bond motifs is 6. The van der Waals surface area contributed by atoms with E-state index in [1.165, 1.54) is 65.9 Å². The Morgan fingerprint density at radius 2 is 0.625 bits per heavy atom. The summed E-state index contributed by atoms with van der Waals surface area (Å²) in [5, 5.41) is 4.91. The maximum Gasteiger partial charge on any atom is 0.127 e. The average Bonchev–Trinajstić information content (AvgIpc) is 3.88. The Morgan fingerprint density at radius 1 is 0.266 bits per heavy atom. The zero-order valence-corrected chi connectivity index (χ0v) is 34.9. The number of benzene rings is 10. The molecule has 0 fully saturated rings. The predicted octanol–water partition coefficient (Wildman–Crippen LogP) is 16.5. The number of hydrogen-bond acceptors (Lipinski definition) is 2. The van der Waals surface area contributed by atoms with E-state index in [2.05, 4.69) is 220 Å². The van der Waals surface area contributed by atoms with Crippen LogP contribution in [0.1, 0.15) is 0 Å². The van der Waals surface area contributed by atoms with Crippen LogP contribution in [0.4, 0.5) is 17.1 Å². The first kappa shape index (κ1) is 37.2. The van der Waals surface area contributed by atoms with Gasteiger partial charge in [0.25, 0.3) is 0 Å². The summed E-state index contributed by atoms with van der Waals surface area (Å²) in [5.41, 5.74) is 15.0. The molecule has 0 saturated carbocycles. The van der Waals surface area contributed by atoms with Gasteiger partial charge in [-0.2, -0.15) is 0 Å². The van der Waals surface area contributed by atoms with Gasteiger partial charge in [-0.15, -0.1) is 0 Å². The topological polar surface area (TPSA) is 22.3 Å². The third kappa shape index (κ3) is 6.57. The summed E-state index contributed by atoms with van der Waals surface area (Å²) >= 11 is 0. The van der Waals surface area contributed by atoms with Gasteiger partial charge in [-0.25, -0.2) is 0 Å². The van der Waals surface area contributed by atoms with Crippen LogP contribution in [0.5, 0.6) is 11.5 Å². The van der Waals surface area contributed by atoms with E-state index in [0.29, 0.717) is 0 Å². The fraction of sp³-hybridized carbons (Fsp3) is 0. The molecule has 0 amide bonds. The molecule has 4 nitrogen and oxygen atoms in total. The zero-order chi connectivity index (χ0) is 42.4. The molecule has 64 heavy (non-hydrogen) atoms. The number of nitrogens with zero attached hydrogens (tertiary/aromatic N) is 3. The fourth-order valence-corrected chi connectivity index (χ4v) is 9.36. The molecule has 10 aromatic carbocycles. The van der Waals surface area contributed by atoms with Crippen LogP contribution < -0.4 is 9.64 Å². The first-order valence-electron chi connectivity index (χ1n) is 21.7. The van der Waals surface area contributed by atoms with Crippen molar-refractivity contribution in [3.63, 3.8) is 0 Å². The Kier molecular flexibility index (Phi) is 9.12. The van der Waals surface area contributed by atoms with Gasteiger partial charge in [-0.05, 0) is 144 Å². The molecule has 0 atom stereocenters. The fourth-order valence-electron chi connectivity index (χ4n) is 9.36. The summed E-state index contributed by atoms with van der Waals surface area (Å²) in [6, 6.07) is 88.4. The van der Waals surface area contributed by atoms with Crippen molar-refractivity contribution in [2.75, 3.05) is 4.90 Å². The highest BCUT2D eigenvalue weighted by molar-refractivity contribution is 6.12. The van der Waals surface area contributed by atoms with E-state index in [1.54, 1.807) is 0 Å². The van der Waals surface area contributed by atoms with E-state index >= 15 is 0 Å². The highest BCUT2D eigenvalue weighted by atomic mass is 16.5. The smallest absolute Gasteiger partial charge is 0.127 e. The molecule has 12 rings (SSSR count). The monoisotopic (exact) mass is 819 g/mol. The van der Waals surface area contributed by atoms with Crippen molar-refractivity contribution in [2.45, 2.75) is 0 Å². The maximum absolute atomic E-state index is 6.11. The normalized spacial score (nSPS) is 11.4. The van der Waals surface area contributed by atoms with Gasteiger partial charge in [0.1, 0.15) is 11.5 Å². The van der Waals surface area contributed by atoms with Gasteiger partial charge in [0.15, 0.2) is 0 Å². The number of para-hydroxylation sites is 5. The Balaban J connectivity index is 0.870. The Labute approximate surface area is 371 Å². The van der Waals surface area contributed by atoms with Crippen LogP contribution in [0.15, 0.2) is 249 Å². The van der Waals surface area contributed by atoms with E-state index in [-0.39, 0.29) is 0 Å². The Bertz CT molecular complexity index is 3550. The largest absolute Gasteiger partial charge is 0.457 e. The predicted molar refractivity (Wildman–Crippen MR) is 267 cm³/mol. The third-order valence-corrected chi connectivity index (χ3v) is 12.4. The van der Waals surface area contributed by atoms with Crippen molar-refractivity contribution in [3.8, 4) is 45.1 Å². The van der Waals surface area contributed by atoms with E-state index in [1.807, 2.05) is 42.5 Å². The number of aromatic nitrogens is 2. The van der Waals surface area contributed by atoms with Crippen molar-refractivity contribution in [1.82, 2.24) is 9.13 Å². The highest BCUT2D eigenvalue weighted by Gasteiger charge is 2.17. The molecule has 0 unspecified atom stereocenters. The second-order valence-electron chi connectivity index (χ2n) is 16.2. The molecule has 0 aliphatic rings. The molecular formula is C60H41N3O. The lowest BCUT2D eigenvalue weighted by Crippen LogP contribution is -2.09. The van der Waals surface area contributed by atoms with Crippen LogP contribution in [0.3, 0.4) is 0 Å². The lowest BCUT2D eigenvalue weighted by molar-refractivity contribution is 0.482. The lowest BCUT2D eigenvalue weighted by Gasteiger charge is -2.25. The van der Waals surface area contributed by atoms with Crippen LogP contribution in [0.2, 0.25) is 0 Å². The van der Waals surface area contributed by atoms with Crippen LogP contribution in [-0.4, -0.2) is 9.13 Å². The van der Waals surface area contributed by atoms with Crippen molar-refractivity contribution in [2.24, 2.45) is 0 Å². The molecule has 2 heterocycles. The molecule has 0 saturated heterocycles. The van der Waals surface area contributed by atoms with Crippen molar-refractivity contribution < 1.29 is 4.74 Å². The zero-order valence-electron chi connectivity index (χ0n) is 34.9. The van der Waals surface area contributed by atoms with Crippen LogP contribution in [0, 0.1) is 0 Å². The minimum atomic E-state index is 0.809. The molecule has 0 spiro atoms. The average molecular weight is 820 g/mol. The van der Waals surface area contributed by atoms with Crippen molar-refractivity contribution in [1.29, 1.82) is 0 Å². The molecule has 0 N–H and O–H groups in total. The first-order chi connectivity index (χ1) is 31.7. The van der Waals surface area contributed by atoms with Crippen LogP contribution >= 0.6 is 0 Å². The van der Waals surface area contributed by atoms with Crippen molar-refractivity contribution >= 4 is 60.7 Å². The summed E-state index contributed by atoms with van der Waals surface area (Å²) in [5.74, 6) is 1.63. The van der Waals surface area contributed by atoms with Gasteiger partial charge in [0.05, 0.1) is 22.1 Å².